The summed E-state index contributed by atoms with van der Waals surface area (Å²) in [5, 5.41) is 4.51. The number of nitrogens with zero attached hydrogens (tertiary/aromatic N) is 1. The van der Waals surface area contributed by atoms with E-state index in [-0.39, 0.29) is 0 Å². The Morgan fingerprint density at radius 2 is 2.13 bits per heavy atom. The Labute approximate surface area is 94.7 Å². The normalized spacial score (nSPS) is 11.1. The van der Waals surface area contributed by atoms with Crippen LogP contribution < -0.4 is 5.32 Å². The van der Waals surface area contributed by atoms with E-state index >= 15 is 0 Å². The monoisotopic (exact) mass is 220 g/mol. The Hall–Kier alpha value is -0.930. The molecule has 80 valence electrons. The maximum Gasteiger partial charge on any atom is 0.0491 e. The van der Waals surface area contributed by atoms with Crippen molar-refractivity contribution < 1.29 is 0 Å². The molecule has 2 aromatic rings. The number of hydrogen-bond donors (Lipinski definition) is 1. The quantitative estimate of drug-likeness (QED) is 0.801. The average Bonchev–Trinajstić information content (AvgIpc) is 2.56. The number of aryl methyl sites for hydroxylation is 1. The molecule has 1 heterocycles. The first-order valence-electron chi connectivity index (χ1n) is 5.03. The molecule has 0 aliphatic rings. The van der Waals surface area contributed by atoms with E-state index in [2.05, 4.69) is 47.5 Å². The van der Waals surface area contributed by atoms with Crippen LogP contribution in [0.15, 0.2) is 29.2 Å². The molecule has 2 nitrogen and oxygen atoms in total. The Morgan fingerprint density at radius 1 is 1.33 bits per heavy atom. The molecule has 0 bridgehead atoms. The zero-order chi connectivity index (χ0) is 10.8. The number of fused-ring (bicyclic) bond motifs is 1. The summed E-state index contributed by atoms with van der Waals surface area (Å²) >= 11 is 1.79. The summed E-state index contributed by atoms with van der Waals surface area (Å²) in [6.45, 7) is 0.916. The maximum absolute atomic E-state index is 3.19. The van der Waals surface area contributed by atoms with Crippen molar-refractivity contribution >= 4 is 22.7 Å². The van der Waals surface area contributed by atoms with Crippen LogP contribution in [-0.2, 0) is 13.6 Å². The molecule has 15 heavy (non-hydrogen) atoms. The van der Waals surface area contributed by atoms with Crippen LogP contribution in [0.25, 0.3) is 10.9 Å². The second kappa shape index (κ2) is 4.29. The Morgan fingerprint density at radius 3 is 2.80 bits per heavy atom. The minimum Gasteiger partial charge on any atom is -0.346 e. The summed E-state index contributed by atoms with van der Waals surface area (Å²) in [5.74, 6) is 0. The van der Waals surface area contributed by atoms with Crippen molar-refractivity contribution in [3.8, 4) is 0 Å². The lowest BCUT2D eigenvalue weighted by Crippen LogP contribution is -2.08. The van der Waals surface area contributed by atoms with E-state index in [9.17, 15) is 0 Å². The first-order valence-corrected chi connectivity index (χ1v) is 6.25. The van der Waals surface area contributed by atoms with Gasteiger partial charge in [-0.05, 0) is 36.9 Å². The zero-order valence-electron chi connectivity index (χ0n) is 9.37. The molecule has 1 aromatic heterocycles. The molecule has 0 saturated heterocycles. The van der Waals surface area contributed by atoms with Crippen molar-refractivity contribution in [2.75, 3.05) is 13.3 Å². The van der Waals surface area contributed by atoms with E-state index in [0.717, 1.165) is 6.54 Å². The zero-order valence-corrected chi connectivity index (χ0v) is 10.2. The SMILES string of the molecule is CNCc1cc2ccc(SC)cc2n1C. The van der Waals surface area contributed by atoms with Crippen LogP contribution >= 0.6 is 11.8 Å². The van der Waals surface area contributed by atoms with Gasteiger partial charge in [0.25, 0.3) is 0 Å². The van der Waals surface area contributed by atoms with Gasteiger partial charge in [-0.15, -0.1) is 11.8 Å². The average molecular weight is 220 g/mol. The van der Waals surface area contributed by atoms with Gasteiger partial charge in [0.2, 0.25) is 0 Å². The van der Waals surface area contributed by atoms with Gasteiger partial charge in [-0.1, -0.05) is 6.07 Å². The van der Waals surface area contributed by atoms with Gasteiger partial charge >= 0.3 is 0 Å². The van der Waals surface area contributed by atoms with Crippen molar-refractivity contribution in [1.82, 2.24) is 9.88 Å². The molecule has 0 radical (unpaired) electrons. The van der Waals surface area contributed by atoms with Gasteiger partial charge < -0.3 is 9.88 Å². The molecular formula is C12H16N2S. The van der Waals surface area contributed by atoms with Crippen LogP contribution in [0.2, 0.25) is 0 Å². The fourth-order valence-corrected chi connectivity index (χ4v) is 2.28. The lowest BCUT2D eigenvalue weighted by molar-refractivity contribution is 0.745. The fraction of sp³-hybridized carbons (Fsp3) is 0.333. The van der Waals surface area contributed by atoms with Crippen LogP contribution in [-0.4, -0.2) is 17.9 Å². The summed E-state index contributed by atoms with van der Waals surface area (Å²) in [7, 11) is 4.10. The van der Waals surface area contributed by atoms with Crippen molar-refractivity contribution in [1.29, 1.82) is 0 Å². The lowest BCUT2D eigenvalue weighted by atomic mass is 10.2. The maximum atomic E-state index is 3.19. The highest BCUT2D eigenvalue weighted by Gasteiger charge is 2.05. The smallest absolute Gasteiger partial charge is 0.0491 e. The molecule has 0 saturated carbocycles. The molecule has 0 unspecified atom stereocenters. The Bertz CT molecular complexity index is 474. The molecule has 3 heteroatoms. The van der Waals surface area contributed by atoms with Crippen molar-refractivity contribution in [2.45, 2.75) is 11.4 Å². The second-order valence-corrected chi connectivity index (χ2v) is 4.53. The van der Waals surface area contributed by atoms with E-state index < -0.39 is 0 Å². The number of rotatable bonds is 3. The molecule has 0 aliphatic carbocycles. The van der Waals surface area contributed by atoms with Crippen molar-refractivity contribution in [3.63, 3.8) is 0 Å². The predicted octanol–water partition coefficient (Wildman–Crippen LogP) is 2.62. The summed E-state index contributed by atoms with van der Waals surface area (Å²) < 4.78 is 2.26. The Kier molecular flexibility index (Phi) is 3.03. The molecule has 1 aromatic carbocycles. The van der Waals surface area contributed by atoms with E-state index in [1.54, 1.807) is 11.8 Å². The largest absolute Gasteiger partial charge is 0.346 e. The molecule has 0 aliphatic heterocycles. The van der Waals surface area contributed by atoms with Crippen molar-refractivity contribution in [3.05, 3.63) is 30.0 Å². The summed E-state index contributed by atoms with van der Waals surface area (Å²) in [5.41, 5.74) is 2.64. The van der Waals surface area contributed by atoms with E-state index in [0.29, 0.717) is 0 Å². The molecular weight excluding hydrogens is 204 g/mol. The van der Waals surface area contributed by atoms with Gasteiger partial charge in [0.15, 0.2) is 0 Å². The van der Waals surface area contributed by atoms with Gasteiger partial charge in [-0.2, -0.15) is 0 Å². The third-order valence-electron chi connectivity index (χ3n) is 2.71. The second-order valence-electron chi connectivity index (χ2n) is 3.65. The number of aromatic nitrogens is 1. The summed E-state index contributed by atoms with van der Waals surface area (Å²) in [6, 6.07) is 8.87. The Balaban J connectivity index is 2.56. The van der Waals surface area contributed by atoms with Gasteiger partial charge in [0.05, 0.1) is 0 Å². The molecule has 0 amide bonds. The molecule has 0 fully saturated rings. The molecule has 2 rings (SSSR count). The minimum atomic E-state index is 0.916. The molecule has 0 atom stereocenters. The van der Waals surface area contributed by atoms with Crippen LogP contribution in [0.4, 0.5) is 0 Å². The highest BCUT2D eigenvalue weighted by atomic mass is 32.2. The van der Waals surface area contributed by atoms with Crippen LogP contribution in [0.1, 0.15) is 5.69 Å². The van der Waals surface area contributed by atoms with Crippen molar-refractivity contribution in [2.24, 2.45) is 7.05 Å². The first-order chi connectivity index (χ1) is 7.26. The van der Waals surface area contributed by atoms with Gasteiger partial charge in [0.1, 0.15) is 0 Å². The van der Waals surface area contributed by atoms with E-state index in [1.165, 1.54) is 21.5 Å². The standard InChI is InChI=1S/C12H16N2S/c1-13-8-10-6-9-4-5-11(15-3)7-12(9)14(10)2/h4-7,13H,8H2,1-3H3. The lowest BCUT2D eigenvalue weighted by Gasteiger charge is -2.03. The molecule has 1 N–H and O–H groups in total. The van der Waals surface area contributed by atoms with Gasteiger partial charge in [0, 0.05) is 29.7 Å². The van der Waals surface area contributed by atoms with Crippen LogP contribution in [0.3, 0.4) is 0 Å². The number of thioether (sulfide) groups is 1. The van der Waals surface area contributed by atoms with Gasteiger partial charge in [-0.3, -0.25) is 0 Å². The topological polar surface area (TPSA) is 17.0 Å². The van der Waals surface area contributed by atoms with Crippen LogP contribution in [0.5, 0.6) is 0 Å². The summed E-state index contributed by atoms with van der Waals surface area (Å²) in [4.78, 5) is 1.32. The molecule has 0 spiro atoms. The first kappa shape index (κ1) is 10.6. The van der Waals surface area contributed by atoms with Crippen LogP contribution in [0, 0.1) is 0 Å². The van der Waals surface area contributed by atoms with Gasteiger partial charge in [-0.25, -0.2) is 0 Å². The number of nitrogens with one attached hydrogen (secondary N) is 1. The minimum absolute atomic E-state index is 0.916. The highest BCUT2D eigenvalue weighted by molar-refractivity contribution is 7.98. The highest BCUT2D eigenvalue weighted by Crippen LogP contribution is 2.24. The third kappa shape index (κ3) is 1.90. The number of benzene rings is 1. The van der Waals surface area contributed by atoms with E-state index in [1.807, 2.05) is 7.05 Å². The predicted molar refractivity (Wildman–Crippen MR) is 67.5 cm³/mol. The fourth-order valence-electron chi connectivity index (χ4n) is 1.84. The summed E-state index contributed by atoms with van der Waals surface area (Å²) in [6.07, 6.45) is 2.11. The number of hydrogen-bond acceptors (Lipinski definition) is 2. The van der Waals surface area contributed by atoms with E-state index in [4.69, 9.17) is 0 Å². The third-order valence-corrected chi connectivity index (χ3v) is 3.44.